The van der Waals surface area contributed by atoms with Crippen LogP contribution in [0.4, 0.5) is 0 Å². The molecule has 1 saturated heterocycles. The molecular weight excluding hydrogens is 565 g/mol. The fourth-order valence-electron chi connectivity index (χ4n) is 3.80. The molecule has 1 fully saturated rings. The molecule has 4 aromatic rings. The Morgan fingerprint density at radius 3 is 2.61 bits per heavy atom. The van der Waals surface area contributed by atoms with Gasteiger partial charge in [0.25, 0.3) is 11.5 Å². The Labute approximate surface area is 237 Å². The number of fused-ring (bicyclic) bond motifs is 1. The van der Waals surface area contributed by atoms with Gasteiger partial charge in [0.1, 0.15) is 27.0 Å². The molecule has 11 heteroatoms. The molecule has 0 saturated carbocycles. The Morgan fingerprint density at radius 2 is 1.87 bits per heavy atom. The van der Waals surface area contributed by atoms with Crippen molar-refractivity contribution in [2.45, 2.75) is 6.42 Å². The van der Waals surface area contributed by atoms with Crippen molar-refractivity contribution >= 4 is 69.1 Å². The Hall–Kier alpha value is -3.37. The Bertz CT molecular complexity index is 1650. The average molecular weight is 585 g/mol. The van der Waals surface area contributed by atoms with Crippen LogP contribution in [0.5, 0.6) is 17.4 Å². The van der Waals surface area contributed by atoms with E-state index in [1.54, 1.807) is 43.6 Å². The quantitative estimate of drug-likeness (QED) is 0.188. The lowest BCUT2D eigenvalue weighted by Gasteiger charge is -2.14. The number of benzene rings is 2. The summed E-state index contributed by atoms with van der Waals surface area (Å²) in [6, 6.07) is 17.5. The second-order valence-electron chi connectivity index (χ2n) is 8.17. The summed E-state index contributed by atoms with van der Waals surface area (Å²) in [5.41, 5.74) is 1.10. The third-order valence-corrected chi connectivity index (χ3v) is 7.68. The number of hydrogen-bond donors (Lipinski definition) is 0. The number of halogens is 2. The maximum atomic E-state index is 13.5. The van der Waals surface area contributed by atoms with Gasteiger partial charge in [-0.2, -0.15) is 4.98 Å². The molecule has 0 unspecified atom stereocenters. The number of rotatable bonds is 7. The number of thioether (sulfide) groups is 1. The number of hydrogen-bond acceptors (Lipinski definition) is 7. The first-order valence-electron chi connectivity index (χ1n) is 11.4. The zero-order valence-electron chi connectivity index (χ0n) is 19.9. The molecule has 3 heterocycles. The molecule has 0 radical (unpaired) electrons. The van der Waals surface area contributed by atoms with Gasteiger partial charge in [-0.3, -0.25) is 18.9 Å². The number of methoxy groups -OCH3 is 1. The molecule has 192 valence electrons. The number of aromatic nitrogens is 2. The summed E-state index contributed by atoms with van der Waals surface area (Å²) in [6.45, 7) is 0.396. The van der Waals surface area contributed by atoms with Gasteiger partial charge in [-0.15, -0.1) is 0 Å². The first kappa shape index (κ1) is 26.2. The lowest BCUT2D eigenvalue weighted by molar-refractivity contribution is -0.122. The van der Waals surface area contributed by atoms with E-state index in [4.69, 9.17) is 44.9 Å². The molecule has 0 aliphatic carbocycles. The van der Waals surface area contributed by atoms with Crippen LogP contribution in [-0.2, 0) is 11.2 Å². The summed E-state index contributed by atoms with van der Waals surface area (Å²) >= 11 is 18.9. The minimum Gasteiger partial charge on any atom is -0.497 e. The molecule has 2 aromatic heterocycles. The SMILES string of the molecule is COc1ccc(CCN2C(=O)/C(=C\c3c(Oc4ccc(Cl)cc4Cl)nc4ccccn4c3=O)SC2=S)cc1. The van der Waals surface area contributed by atoms with E-state index in [-0.39, 0.29) is 28.1 Å². The van der Waals surface area contributed by atoms with Crippen molar-refractivity contribution < 1.29 is 14.3 Å². The van der Waals surface area contributed by atoms with E-state index in [0.29, 0.717) is 32.9 Å². The van der Waals surface area contributed by atoms with Gasteiger partial charge in [-0.1, -0.05) is 65.4 Å². The lowest BCUT2D eigenvalue weighted by Crippen LogP contribution is -2.30. The fourth-order valence-corrected chi connectivity index (χ4v) is 5.54. The molecule has 1 amide bonds. The highest BCUT2D eigenvalue weighted by Gasteiger charge is 2.32. The summed E-state index contributed by atoms with van der Waals surface area (Å²) in [4.78, 5) is 33.1. The van der Waals surface area contributed by atoms with E-state index < -0.39 is 5.56 Å². The number of carbonyl (C=O) groups excluding carboxylic acids is 1. The van der Waals surface area contributed by atoms with Gasteiger partial charge in [0, 0.05) is 17.8 Å². The van der Waals surface area contributed by atoms with Crippen LogP contribution in [0.25, 0.3) is 11.7 Å². The molecule has 7 nitrogen and oxygen atoms in total. The third kappa shape index (κ3) is 5.42. The van der Waals surface area contributed by atoms with Crippen LogP contribution < -0.4 is 15.0 Å². The smallest absolute Gasteiger partial charge is 0.269 e. The van der Waals surface area contributed by atoms with Crippen molar-refractivity contribution in [1.82, 2.24) is 14.3 Å². The summed E-state index contributed by atoms with van der Waals surface area (Å²) in [5, 5.41) is 0.691. The Morgan fingerprint density at radius 1 is 1.08 bits per heavy atom. The van der Waals surface area contributed by atoms with E-state index in [2.05, 4.69) is 4.98 Å². The second-order valence-corrected chi connectivity index (χ2v) is 10.7. The van der Waals surface area contributed by atoms with Crippen molar-refractivity contribution in [2.75, 3.05) is 13.7 Å². The molecule has 0 N–H and O–H groups in total. The fraction of sp³-hybridized carbons (Fsp3) is 0.111. The zero-order valence-corrected chi connectivity index (χ0v) is 23.0. The summed E-state index contributed by atoms with van der Waals surface area (Å²) < 4.78 is 13.0. The molecule has 0 atom stereocenters. The van der Waals surface area contributed by atoms with E-state index in [1.165, 1.54) is 21.4 Å². The van der Waals surface area contributed by atoms with Gasteiger partial charge in [0.15, 0.2) is 0 Å². The standard InChI is InChI=1S/C27H19Cl2N3O4S2/c1-35-18-8-5-16(6-9-18)11-13-32-26(34)22(38-27(32)37)15-19-24(36-21-10-7-17(28)14-20(21)29)30-23-4-2-3-12-31(23)25(19)33/h2-10,12,14-15H,11,13H2,1H3/b22-15+. The number of pyridine rings is 1. The van der Waals surface area contributed by atoms with Crippen LogP contribution >= 0.6 is 47.2 Å². The first-order valence-corrected chi connectivity index (χ1v) is 13.3. The predicted molar refractivity (Wildman–Crippen MR) is 155 cm³/mol. The summed E-state index contributed by atoms with van der Waals surface area (Å²) in [6.07, 6.45) is 3.68. The average Bonchev–Trinajstić information content (AvgIpc) is 3.18. The predicted octanol–water partition coefficient (Wildman–Crippen LogP) is 6.25. The van der Waals surface area contributed by atoms with Gasteiger partial charge >= 0.3 is 0 Å². The molecule has 0 spiro atoms. The van der Waals surface area contributed by atoms with Gasteiger partial charge in [0.05, 0.1) is 17.0 Å². The van der Waals surface area contributed by atoms with Crippen molar-refractivity contribution in [3.05, 3.63) is 103 Å². The largest absolute Gasteiger partial charge is 0.497 e. The third-order valence-electron chi connectivity index (χ3n) is 5.77. The Kier molecular flexibility index (Phi) is 7.71. The van der Waals surface area contributed by atoms with Crippen LogP contribution in [0, 0.1) is 0 Å². The number of carbonyl (C=O) groups is 1. The van der Waals surface area contributed by atoms with Crippen LogP contribution in [0.1, 0.15) is 11.1 Å². The van der Waals surface area contributed by atoms with Gasteiger partial charge in [-0.05, 0) is 60.5 Å². The zero-order chi connectivity index (χ0) is 26.8. The molecule has 0 bridgehead atoms. The minimum atomic E-state index is -0.404. The maximum absolute atomic E-state index is 13.5. The maximum Gasteiger partial charge on any atom is 0.269 e. The second kappa shape index (κ2) is 11.2. The monoisotopic (exact) mass is 583 g/mol. The van der Waals surface area contributed by atoms with E-state index in [0.717, 1.165) is 23.1 Å². The van der Waals surface area contributed by atoms with E-state index in [9.17, 15) is 9.59 Å². The molecule has 1 aliphatic rings. The van der Waals surface area contributed by atoms with Crippen molar-refractivity contribution in [1.29, 1.82) is 0 Å². The van der Waals surface area contributed by atoms with E-state index in [1.807, 2.05) is 24.3 Å². The topological polar surface area (TPSA) is 73.1 Å². The molecular formula is C27H19Cl2N3O4S2. The normalized spacial score (nSPS) is 14.5. The summed E-state index contributed by atoms with van der Waals surface area (Å²) in [7, 11) is 1.61. The van der Waals surface area contributed by atoms with Gasteiger partial charge < -0.3 is 9.47 Å². The lowest BCUT2D eigenvalue weighted by atomic mass is 10.1. The molecule has 38 heavy (non-hydrogen) atoms. The van der Waals surface area contributed by atoms with Gasteiger partial charge in [0.2, 0.25) is 5.88 Å². The summed E-state index contributed by atoms with van der Waals surface area (Å²) in [5.74, 6) is 0.746. The molecule has 5 rings (SSSR count). The minimum absolute atomic E-state index is 0.00826. The van der Waals surface area contributed by atoms with E-state index >= 15 is 0 Å². The highest BCUT2D eigenvalue weighted by atomic mass is 35.5. The van der Waals surface area contributed by atoms with Crippen LogP contribution in [0.15, 0.2) is 76.6 Å². The van der Waals surface area contributed by atoms with Gasteiger partial charge in [-0.25, -0.2) is 0 Å². The number of ether oxygens (including phenoxy) is 2. The van der Waals surface area contributed by atoms with Crippen molar-refractivity contribution in [2.24, 2.45) is 0 Å². The highest BCUT2D eigenvalue weighted by Crippen LogP contribution is 2.36. The van der Waals surface area contributed by atoms with Crippen LogP contribution in [-0.4, -0.2) is 38.2 Å². The number of amides is 1. The first-order chi connectivity index (χ1) is 18.3. The number of nitrogens with zero attached hydrogens (tertiary/aromatic N) is 3. The molecule has 2 aromatic carbocycles. The number of thiocarbonyl (C=S) groups is 1. The van der Waals surface area contributed by atoms with Crippen LogP contribution in [0.2, 0.25) is 10.0 Å². The van der Waals surface area contributed by atoms with Crippen LogP contribution in [0.3, 0.4) is 0 Å². The van der Waals surface area contributed by atoms with Crippen molar-refractivity contribution in [3.63, 3.8) is 0 Å². The Balaban J connectivity index is 1.48. The highest BCUT2D eigenvalue weighted by molar-refractivity contribution is 8.26. The van der Waals surface area contributed by atoms with Crippen molar-refractivity contribution in [3.8, 4) is 17.4 Å². The molecule has 1 aliphatic heterocycles.